The largest absolute Gasteiger partial charge is 0.424 e. The Kier molecular flexibility index (Phi) is 3.55. The maximum absolute atomic E-state index is 9.80. The number of fused-ring (bicyclic) bond motifs is 1. The van der Waals surface area contributed by atoms with E-state index in [1.54, 1.807) is 30.3 Å². The number of aryl methyl sites for hydroxylation is 1. The number of benzene rings is 1. The maximum atomic E-state index is 9.80. The lowest BCUT2D eigenvalue weighted by atomic mass is 9.80. The molecule has 1 aliphatic rings. The summed E-state index contributed by atoms with van der Waals surface area (Å²) in [7, 11) is 0. The van der Waals surface area contributed by atoms with Crippen LogP contribution in [0.2, 0.25) is 0 Å². The molecule has 2 atom stereocenters. The minimum absolute atomic E-state index is 0.160. The Morgan fingerprint density at radius 1 is 1.20 bits per heavy atom. The summed E-state index contributed by atoms with van der Waals surface area (Å²) >= 11 is 0. The van der Waals surface area contributed by atoms with Gasteiger partial charge in [0.15, 0.2) is 5.89 Å². The smallest absolute Gasteiger partial charge is 0.230 e. The molecule has 0 fully saturated rings. The van der Waals surface area contributed by atoms with Crippen LogP contribution >= 0.6 is 0 Å². The molecule has 1 N–H and O–H groups in total. The molecule has 3 aromatic rings. The summed E-state index contributed by atoms with van der Waals surface area (Å²) in [5, 5.41) is 18.4. The van der Waals surface area contributed by atoms with E-state index < -0.39 is 5.92 Å². The quantitative estimate of drug-likeness (QED) is 0.772. The van der Waals surface area contributed by atoms with Crippen molar-refractivity contribution in [3.8, 4) is 6.07 Å². The molecular formula is C19H15N5O. The molecule has 0 bridgehead atoms. The normalized spacial score (nSPS) is 19.4. The van der Waals surface area contributed by atoms with Crippen LogP contribution in [-0.2, 0) is 0 Å². The zero-order valence-corrected chi connectivity index (χ0v) is 13.5. The van der Waals surface area contributed by atoms with Gasteiger partial charge in [0.2, 0.25) is 5.88 Å². The van der Waals surface area contributed by atoms with Crippen LogP contribution < -0.4 is 4.90 Å². The summed E-state index contributed by atoms with van der Waals surface area (Å²) in [6.45, 7) is 1.77. The molecule has 1 aliphatic heterocycles. The van der Waals surface area contributed by atoms with E-state index in [1.165, 1.54) is 0 Å². The first-order chi connectivity index (χ1) is 12.2. The predicted molar refractivity (Wildman–Crippen MR) is 92.7 cm³/mol. The Balaban J connectivity index is 1.94. The summed E-state index contributed by atoms with van der Waals surface area (Å²) in [5.74, 6) is 0.147. The van der Waals surface area contributed by atoms with Gasteiger partial charge in [0.25, 0.3) is 0 Å². The third kappa shape index (κ3) is 2.37. The van der Waals surface area contributed by atoms with Crippen molar-refractivity contribution in [3.05, 3.63) is 72.0 Å². The number of anilines is 2. The van der Waals surface area contributed by atoms with Crippen LogP contribution in [0.4, 0.5) is 11.6 Å². The SMILES string of the molecule is Cc1nc2c(o1)N(c1cccnc1)C(=N)C(C#N)C2c1ccccc1. The van der Waals surface area contributed by atoms with E-state index >= 15 is 0 Å². The average Bonchev–Trinajstić information content (AvgIpc) is 3.02. The minimum atomic E-state index is -0.667. The van der Waals surface area contributed by atoms with Crippen molar-refractivity contribution < 1.29 is 4.42 Å². The number of nitrogens with one attached hydrogen (secondary N) is 1. The molecule has 6 heteroatoms. The van der Waals surface area contributed by atoms with Crippen LogP contribution in [0.15, 0.2) is 59.3 Å². The molecule has 6 nitrogen and oxygen atoms in total. The third-order valence-corrected chi connectivity index (χ3v) is 4.31. The number of nitrogens with zero attached hydrogens (tertiary/aromatic N) is 4. The first-order valence-corrected chi connectivity index (χ1v) is 7.91. The zero-order chi connectivity index (χ0) is 17.4. The molecule has 0 aliphatic carbocycles. The maximum Gasteiger partial charge on any atom is 0.230 e. The number of nitriles is 1. The second-order valence-electron chi connectivity index (χ2n) is 5.85. The summed E-state index contributed by atoms with van der Waals surface area (Å²) in [4.78, 5) is 10.3. The molecule has 4 rings (SSSR count). The van der Waals surface area contributed by atoms with Gasteiger partial charge in [-0.05, 0) is 17.7 Å². The molecule has 1 aromatic carbocycles. The molecule has 25 heavy (non-hydrogen) atoms. The average molecular weight is 329 g/mol. The van der Waals surface area contributed by atoms with Crippen LogP contribution in [0.3, 0.4) is 0 Å². The van der Waals surface area contributed by atoms with E-state index in [9.17, 15) is 5.26 Å². The molecule has 2 aromatic heterocycles. The molecule has 2 unspecified atom stereocenters. The van der Waals surface area contributed by atoms with Crippen molar-refractivity contribution in [2.75, 3.05) is 4.90 Å². The number of hydrogen-bond donors (Lipinski definition) is 1. The Morgan fingerprint density at radius 3 is 2.68 bits per heavy atom. The van der Waals surface area contributed by atoms with Crippen LogP contribution in [0.25, 0.3) is 0 Å². The summed E-state index contributed by atoms with van der Waals surface area (Å²) < 4.78 is 5.82. The predicted octanol–water partition coefficient (Wildman–Crippen LogP) is 3.78. The molecule has 122 valence electrons. The molecule has 0 saturated heterocycles. The summed E-state index contributed by atoms with van der Waals surface area (Å²) in [6, 6.07) is 15.6. The lowest BCUT2D eigenvalue weighted by Gasteiger charge is -2.34. The van der Waals surface area contributed by atoms with Gasteiger partial charge in [-0.1, -0.05) is 30.3 Å². The minimum Gasteiger partial charge on any atom is -0.424 e. The van der Waals surface area contributed by atoms with Gasteiger partial charge in [-0.3, -0.25) is 15.3 Å². The number of pyridine rings is 1. The van der Waals surface area contributed by atoms with Crippen molar-refractivity contribution in [1.29, 1.82) is 10.7 Å². The van der Waals surface area contributed by atoms with Gasteiger partial charge in [0.1, 0.15) is 17.4 Å². The van der Waals surface area contributed by atoms with Gasteiger partial charge in [-0.2, -0.15) is 5.26 Å². The van der Waals surface area contributed by atoms with Gasteiger partial charge in [-0.15, -0.1) is 0 Å². The third-order valence-electron chi connectivity index (χ3n) is 4.31. The number of aromatic nitrogens is 2. The number of hydrogen-bond acceptors (Lipinski definition) is 5. The highest BCUT2D eigenvalue weighted by Crippen LogP contribution is 2.45. The first-order valence-electron chi connectivity index (χ1n) is 7.91. The molecule has 3 heterocycles. The Labute approximate surface area is 144 Å². The standard InChI is InChI=1S/C19H15N5O/c1-12-23-17-16(13-6-3-2-4-7-13)15(10-20)18(21)24(19(17)25-12)14-8-5-9-22-11-14/h2-9,11,15-16,21H,1H3. The van der Waals surface area contributed by atoms with Gasteiger partial charge in [0.05, 0.1) is 23.9 Å². The summed E-state index contributed by atoms with van der Waals surface area (Å²) in [6.07, 6.45) is 3.31. The topological polar surface area (TPSA) is 89.8 Å². The Hall–Kier alpha value is -3.46. The fourth-order valence-corrected chi connectivity index (χ4v) is 3.25. The van der Waals surface area contributed by atoms with E-state index in [0.29, 0.717) is 23.2 Å². The lowest BCUT2D eigenvalue weighted by molar-refractivity contribution is 0.522. The highest BCUT2D eigenvalue weighted by Gasteiger charge is 2.43. The Bertz CT molecular complexity index is 958. The number of amidine groups is 1. The Morgan fingerprint density at radius 2 is 2.00 bits per heavy atom. The fourth-order valence-electron chi connectivity index (χ4n) is 3.25. The molecule has 0 saturated carbocycles. The second-order valence-corrected chi connectivity index (χ2v) is 5.85. The van der Waals surface area contributed by atoms with Crippen LogP contribution in [0.1, 0.15) is 23.1 Å². The highest BCUT2D eigenvalue weighted by atomic mass is 16.4. The van der Waals surface area contributed by atoms with Crippen molar-refractivity contribution in [3.63, 3.8) is 0 Å². The van der Waals surface area contributed by atoms with Crippen molar-refractivity contribution in [2.24, 2.45) is 5.92 Å². The first kappa shape index (κ1) is 15.1. The van der Waals surface area contributed by atoms with Crippen LogP contribution in [-0.4, -0.2) is 15.8 Å². The van der Waals surface area contributed by atoms with Crippen molar-refractivity contribution >= 4 is 17.4 Å². The van der Waals surface area contributed by atoms with E-state index in [4.69, 9.17) is 9.83 Å². The van der Waals surface area contributed by atoms with Gasteiger partial charge < -0.3 is 4.42 Å². The van der Waals surface area contributed by atoms with E-state index in [2.05, 4.69) is 16.0 Å². The van der Waals surface area contributed by atoms with Crippen molar-refractivity contribution in [1.82, 2.24) is 9.97 Å². The zero-order valence-electron chi connectivity index (χ0n) is 13.5. The summed E-state index contributed by atoms with van der Waals surface area (Å²) in [5.41, 5.74) is 2.30. The van der Waals surface area contributed by atoms with E-state index in [1.807, 2.05) is 36.4 Å². The molecule has 0 spiro atoms. The second kappa shape index (κ2) is 5.87. The molecular weight excluding hydrogens is 314 g/mol. The number of rotatable bonds is 2. The molecule has 0 radical (unpaired) electrons. The van der Waals surface area contributed by atoms with E-state index in [-0.39, 0.29) is 11.8 Å². The van der Waals surface area contributed by atoms with Gasteiger partial charge >= 0.3 is 0 Å². The monoisotopic (exact) mass is 329 g/mol. The molecule has 0 amide bonds. The van der Waals surface area contributed by atoms with E-state index in [0.717, 1.165) is 5.56 Å². The van der Waals surface area contributed by atoms with Gasteiger partial charge in [0, 0.05) is 13.1 Å². The fraction of sp³-hybridized carbons (Fsp3) is 0.158. The highest BCUT2D eigenvalue weighted by molar-refractivity contribution is 6.06. The van der Waals surface area contributed by atoms with Crippen molar-refractivity contribution in [2.45, 2.75) is 12.8 Å². The lowest BCUT2D eigenvalue weighted by Crippen LogP contribution is -2.39. The van der Waals surface area contributed by atoms with Gasteiger partial charge in [-0.25, -0.2) is 4.98 Å². The van der Waals surface area contributed by atoms with Crippen LogP contribution in [0.5, 0.6) is 0 Å². The van der Waals surface area contributed by atoms with Crippen LogP contribution in [0, 0.1) is 29.6 Å². The number of oxazole rings is 1.